The van der Waals surface area contributed by atoms with E-state index in [4.69, 9.17) is 14.2 Å². The normalized spacial score (nSPS) is 10.2. The summed E-state index contributed by atoms with van der Waals surface area (Å²) in [5.74, 6) is 0.890. The van der Waals surface area contributed by atoms with Crippen LogP contribution < -0.4 is 24.8 Å². The van der Waals surface area contributed by atoms with Crippen molar-refractivity contribution in [3.8, 4) is 17.2 Å². The molecule has 0 aliphatic rings. The van der Waals surface area contributed by atoms with Gasteiger partial charge in [0.1, 0.15) is 5.75 Å². The Balaban J connectivity index is 1.92. The van der Waals surface area contributed by atoms with Gasteiger partial charge in [-0.25, -0.2) is 0 Å². The van der Waals surface area contributed by atoms with E-state index >= 15 is 0 Å². The number of nitrogens with one attached hydrogen (secondary N) is 2. The zero-order valence-corrected chi connectivity index (χ0v) is 18.9. The summed E-state index contributed by atoms with van der Waals surface area (Å²) in [4.78, 5) is 35.3. The molecular formula is C24H30N2O6. The zero-order valence-electron chi connectivity index (χ0n) is 18.9. The molecule has 0 aliphatic carbocycles. The van der Waals surface area contributed by atoms with Crippen molar-refractivity contribution in [3.63, 3.8) is 0 Å². The molecule has 2 N–H and O–H groups in total. The lowest BCUT2D eigenvalue weighted by molar-refractivity contribution is -0.123. The summed E-state index contributed by atoms with van der Waals surface area (Å²) < 4.78 is 16.8. The van der Waals surface area contributed by atoms with Crippen LogP contribution in [0.15, 0.2) is 36.4 Å². The fraction of sp³-hybridized carbons (Fsp3) is 0.375. The Morgan fingerprint density at radius 1 is 0.844 bits per heavy atom. The smallest absolute Gasteiger partial charge is 0.257 e. The molecule has 0 aromatic heterocycles. The first kappa shape index (κ1) is 24.7. The van der Waals surface area contributed by atoms with Gasteiger partial charge >= 0.3 is 0 Å². The SMILES string of the molecule is CCOc1ccc(CCNC(=O)COc2cc(C(C)=O)ccc2NC(C)=O)cc1OCC. The van der Waals surface area contributed by atoms with Crippen LogP contribution in [0.3, 0.4) is 0 Å². The van der Waals surface area contributed by atoms with Crippen LogP contribution in [-0.4, -0.2) is 44.0 Å². The maximum Gasteiger partial charge on any atom is 0.257 e. The second kappa shape index (κ2) is 12.3. The van der Waals surface area contributed by atoms with Crippen LogP contribution >= 0.6 is 0 Å². The Kier molecular flexibility index (Phi) is 9.53. The first-order chi connectivity index (χ1) is 15.3. The number of amides is 2. The molecule has 2 amide bonds. The van der Waals surface area contributed by atoms with Crippen molar-refractivity contribution in [3.05, 3.63) is 47.5 Å². The molecule has 2 rings (SSSR count). The third-order valence-corrected chi connectivity index (χ3v) is 4.40. The molecule has 0 atom stereocenters. The Hall–Kier alpha value is -3.55. The van der Waals surface area contributed by atoms with Gasteiger partial charge in [0.05, 0.1) is 18.9 Å². The predicted molar refractivity (Wildman–Crippen MR) is 122 cm³/mol. The molecule has 0 spiro atoms. The van der Waals surface area contributed by atoms with Gasteiger partial charge in [0.15, 0.2) is 23.9 Å². The van der Waals surface area contributed by atoms with Crippen LogP contribution in [0.1, 0.15) is 43.6 Å². The molecule has 0 fully saturated rings. The van der Waals surface area contributed by atoms with Gasteiger partial charge in [0, 0.05) is 19.0 Å². The van der Waals surface area contributed by atoms with Gasteiger partial charge in [0.25, 0.3) is 5.91 Å². The minimum Gasteiger partial charge on any atom is -0.490 e. The molecule has 0 unspecified atom stereocenters. The number of carbonyl (C=O) groups excluding carboxylic acids is 3. The van der Waals surface area contributed by atoms with Gasteiger partial charge < -0.3 is 24.8 Å². The maximum atomic E-state index is 12.2. The van der Waals surface area contributed by atoms with Gasteiger partial charge in [-0.3, -0.25) is 14.4 Å². The number of hydrogen-bond acceptors (Lipinski definition) is 6. The third kappa shape index (κ3) is 7.61. The summed E-state index contributed by atoms with van der Waals surface area (Å²) in [7, 11) is 0. The first-order valence-corrected chi connectivity index (χ1v) is 10.5. The Bertz CT molecular complexity index is 958. The quantitative estimate of drug-likeness (QED) is 0.489. The molecule has 0 bridgehead atoms. The summed E-state index contributed by atoms with van der Waals surface area (Å²) in [6, 6.07) is 10.4. The minimum atomic E-state index is -0.317. The number of anilines is 1. The van der Waals surface area contributed by atoms with E-state index in [9.17, 15) is 14.4 Å². The van der Waals surface area contributed by atoms with E-state index in [1.54, 1.807) is 12.1 Å². The van der Waals surface area contributed by atoms with Crippen LogP contribution in [0.2, 0.25) is 0 Å². The number of ether oxygens (including phenoxy) is 3. The van der Waals surface area contributed by atoms with Crippen molar-refractivity contribution in [1.29, 1.82) is 0 Å². The lowest BCUT2D eigenvalue weighted by atomic mass is 10.1. The first-order valence-electron chi connectivity index (χ1n) is 10.5. The lowest BCUT2D eigenvalue weighted by Gasteiger charge is -2.14. The molecule has 0 heterocycles. The summed E-state index contributed by atoms with van der Waals surface area (Å²) in [5, 5.41) is 5.43. The minimum absolute atomic E-state index is 0.143. The van der Waals surface area contributed by atoms with Crippen LogP contribution in [-0.2, 0) is 16.0 Å². The maximum absolute atomic E-state index is 12.2. The number of ketones is 1. The average Bonchev–Trinajstić information content (AvgIpc) is 2.74. The Morgan fingerprint density at radius 2 is 1.56 bits per heavy atom. The topological polar surface area (TPSA) is 103 Å². The number of hydrogen-bond donors (Lipinski definition) is 2. The molecule has 0 saturated heterocycles. The Morgan fingerprint density at radius 3 is 2.22 bits per heavy atom. The molecule has 2 aromatic rings. The number of rotatable bonds is 12. The molecule has 8 heteroatoms. The Labute approximate surface area is 188 Å². The number of carbonyl (C=O) groups is 3. The largest absolute Gasteiger partial charge is 0.490 e. The van der Waals surface area contributed by atoms with Crippen molar-refractivity contribution in [2.24, 2.45) is 0 Å². The zero-order chi connectivity index (χ0) is 23.5. The van der Waals surface area contributed by atoms with E-state index in [2.05, 4.69) is 10.6 Å². The van der Waals surface area contributed by atoms with Gasteiger partial charge in [-0.15, -0.1) is 0 Å². The van der Waals surface area contributed by atoms with Crippen molar-refractivity contribution < 1.29 is 28.6 Å². The van der Waals surface area contributed by atoms with E-state index in [-0.39, 0.29) is 30.0 Å². The third-order valence-electron chi connectivity index (χ3n) is 4.40. The second-order valence-electron chi connectivity index (χ2n) is 6.98. The molecule has 0 aliphatic heterocycles. The van der Waals surface area contributed by atoms with Gasteiger partial charge in [-0.1, -0.05) is 6.07 Å². The highest BCUT2D eigenvalue weighted by Crippen LogP contribution is 2.29. The van der Waals surface area contributed by atoms with Crippen LogP contribution in [0.5, 0.6) is 17.2 Å². The summed E-state index contributed by atoms with van der Waals surface area (Å²) >= 11 is 0. The van der Waals surface area contributed by atoms with Crippen LogP contribution in [0.4, 0.5) is 5.69 Å². The highest BCUT2D eigenvalue weighted by molar-refractivity contribution is 5.96. The van der Waals surface area contributed by atoms with Gasteiger partial charge in [-0.2, -0.15) is 0 Å². The average molecular weight is 443 g/mol. The number of Topliss-reactive ketones (excluding diaryl/α,β-unsaturated/α-hetero) is 1. The van der Waals surface area contributed by atoms with E-state index in [1.165, 1.54) is 19.9 Å². The monoisotopic (exact) mass is 442 g/mol. The molecule has 0 saturated carbocycles. The lowest BCUT2D eigenvalue weighted by Crippen LogP contribution is -2.30. The van der Waals surface area contributed by atoms with Crippen molar-refractivity contribution >= 4 is 23.3 Å². The van der Waals surface area contributed by atoms with E-state index in [0.717, 1.165) is 5.56 Å². The van der Waals surface area contributed by atoms with Gasteiger partial charge in [-0.05, 0) is 63.1 Å². The van der Waals surface area contributed by atoms with E-state index < -0.39 is 0 Å². The predicted octanol–water partition coefficient (Wildman–Crippen LogP) is 3.38. The fourth-order valence-electron chi connectivity index (χ4n) is 2.95. The highest BCUT2D eigenvalue weighted by Gasteiger charge is 2.12. The summed E-state index contributed by atoms with van der Waals surface area (Å²) in [6.45, 7) is 7.87. The highest BCUT2D eigenvalue weighted by atomic mass is 16.5. The second-order valence-corrected chi connectivity index (χ2v) is 6.98. The van der Waals surface area contributed by atoms with E-state index in [0.29, 0.717) is 48.9 Å². The summed E-state index contributed by atoms with van der Waals surface area (Å²) in [6.07, 6.45) is 0.606. The summed E-state index contributed by atoms with van der Waals surface area (Å²) in [5.41, 5.74) is 1.82. The fourth-order valence-corrected chi connectivity index (χ4v) is 2.95. The molecule has 32 heavy (non-hydrogen) atoms. The molecule has 2 aromatic carbocycles. The molecular weight excluding hydrogens is 412 g/mol. The van der Waals surface area contributed by atoms with Crippen molar-refractivity contribution in [2.75, 3.05) is 31.7 Å². The standard InChI is InChI=1S/C24H30N2O6/c1-5-30-21-10-7-18(13-23(21)31-6-2)11-12-25-24(29)15-32-22-14-19(16(3)27)8-9-20(22)26-17(4)28/h7-10,13-14H,5-6,11-12,15H2,1-4H3,(H,25,29)(H,26,28). The van der Waals surface area contributed by atoms with Crippen LogP contribution in [0, 0.1) is 0 Å². The van der Waals surface area contributed by atoms with E-state index in [1.807, 2.05) is 32.0 Å². The molecule has 0 radical (unpaired) electrons. The molecule has 172 valence electrons. The van der Waals surface area contributed by atoms with Crippen molar-refractivity contribution in [2.45, 2.75) is 34.1 Å². The van der Waals surface area contributed by atoms with Gasteiger partial charge in [0.2, 0.25) is 5.91 Å². The van der Waals surface area contributed by atoms with Crippen molar-refractivity contribution in [1.82, 2.24) is 5.32 Å². The number of benzene rings is 2. The van der Waals surface area contributed by atoms with Crippen LogP contribution in [0.25, 0.3) is 0 Å². The molecule has 8 nitrogen and oxygen atoms in total.